The Balaban J connectivity index is 2.62. The normalized spacial score (nSPS) is 20.8. The molecule has 1 aliphatic rings. The van der Waals surface area contributed by atoms with Crippen LogP contribution in [0.4, 0.5) is 5.69 Å². The minimum atomic E-state index is -0.928. The second-order valence-electron chi connectivity index (χ2n) is 5.56. The molecule has 1 aromatic carbocycles. The summed E-state index contributed by atoms with van der Waals surface area (Å²) in [5.74, 6) is -0.0218. The van der Waals surface area contributed by atoms with Gasteiger partial charge in [-0.2, -0.15) is 0 Å². The number of nitrogens with one attached hydrogen (secondary N) is 1. The number of methoxy groups -OCH3 is 1. The zero-order valence-electron chi connectivity index (χ0n) is 11.2. The van der Waals surface area contributed by atoms with E-state index in [-0.39, 0.29) is 11.1 Å². The van der Waals surface area contributed by atoms with Crippen LogP contribution < -0.4 is 10.1 Å². The number of carbonyl (C=O) groups is 1. The van der Waals surface area contributed by atoms with Crippen LogP contribution in [0.2, 0.25) is 0 Å². The van der Waals surface area contributed by atoms with Crippen molar-refractivity contribution >= 4 is 11.7 Å². The van der Waals surface area contributed by atoms with Gasteiger partial charge in [-0.3, -0.25) is 0 Å². The molecule has 0 unspecified atom stereocenters. The summed E-state index contributed by atoms with van der Waals surface area (Å²) in [6, 6.07) is 3.50. The zero-order chi connectivity index (χ0) is 13.5. The maximum atomic E-state index is 11.4. The first-order valence-electron chi connectivity index (χ1n) is 6.07. The van der Waals surface area contributed by atoms with Crippen molar-refractivity contribution in [3.8, 4) is 5.75 Å². The van der Waals surface area contributed by atoms with Crippen molar-refractivity contribution in [2.75, 3.05) is 12.4 Å². The van der Waals surface area contributed by atoms with E-state index in [1.165, 1.54) is 0 Å². The largest absolute Gasteiger partial charge is 0.497 e. The summed E-state index contributed by atoms with van der Waals surface area (Å²) in [5.41, 5.74) is 1.94. The molecule has 1 aliphatic heterocycles. The number of fused-ring (bicyclic) bond motifs is 1. The number of anilines is 1. The standard InChI is InChI=1S/C14H19NO3/c1-8-7-14(2,3)15-12-10(8)5-9(18-4)6-11(12)13(16)17/h5-6,8,15H,7H2,1-4H3,(H,16,17)/t8-/m1/s1. The molecule has 0 saturated heterocycles. The minimum absolute atomic E-state index is 0.0921. The Morgan fingerprint density at radius 2 is 2.17 bits per heavy atom. The van der Waals surface area contributed by atoms with Gasteiger partial charge in [0.2, 0.25) is 0 Å². The summed E-state index contributed by atoms with van der Waals surface area (Å²) < 4.78 is 5.18. The van der Waals surface area contributed by atoms with Gasteiger partial charge in [0, 0.05) is 5.54 Å². The molecule has 1 heterocycles. The van der Waals surface area contributed by atoms with Crippen molar-refractivity contribution < 1.29 is 14.6 Å². The van der Waals surface area contributed by atoms with Crippen molar-refractivity contribution in [2.24, 2.45) is 0 Å². The Hall–Kier alpha value is -1.71. The van der Waals surface area contributed by atoms with E-state index in [9.17, 15) is 9.90 Å². The first kappa shape index (κ1) is 12.7. The molecule has 4 heteroatoms. The van der Waals surface area contributed by atoms with E-state index in [0.717, 1.165) is 17.7 Å². The fraction of sp³-hybridized carbons (Fsp3) is 0.500. The highest BCUT2D eigenvalue weighted by Gasteiger charge is 2.32. The highest BCUT2D eigenvalue weighted by atomic mass is 16.5. The number of benzene rings is 1. The molecule has 1 atom stereocenters. The van der Waals surface area contributed by atoms with Crippen molar-refractivity contribution in [1.29, 1.82) is 0 Å². The molecule has 1 aromatic rings. The average Bonchev–Trinajstić information content (AvgIpc) is 2.26. The Morgan fingerprint density at radius 3 is 2.72 bits per heavy atom. The summed E-state index contributed by atoms with van der Waals surface area (Å²) >= 11 is 0. The third-order valence-corrected chi connectivity index (χ3v) is 3.42. The van der Waals surface area contributed by atoms with Gasteiger partial charge >= 0.3 is 5.97 Å². The number of carboxylic acid groups (broad SMARTS) is 1. The molecule has 2 N–H and O–H groups in total. The van der Waals surface area contributed by atoms with E-state index in [0.29, 0.717) is 11.7 Å². The molecule has 0 bridgehead atoms. The molecule has 0 radical (unpaired) electrons. The van der Waals surface area contributed by atoms with Crippen molar-refractivity contribution in [1.82, 2.24) is 0 Å². The van der Waals surface area contributed by atoms with Crippen LogP contribution in [0.15, 0.2) is 12.1 Å². The van der Waals surface area contributed by atoms with Crippen molar-refractivity contribution in [3.05, 3.63) is 23.3 Å². The van der Waals surface area contributed by atoms with Crippen LogP contribution in [0, 0.1) is 0 Å². The van der Waals surface area contributed by atoms with Gasteiger partial charge in [-0.25, -0.2) is 4.79 Å². The SMILES string of the molecule is COc1cc(C(=O)O)c2c(c1)[C@H](C)CC(C)(C)N2. The summed E-state index contributed by atoms with van der Waals surface area (Å²) in [6.45, 7) is 6.29. The van der Waals surface area contributed by atoms with E-state index in [1.54, 1.807) is 13.2 Å². The summed E-state index contributed by atoms with van der Waals surface area (Å²) in [5, 5.41) is 12.7. The van der Waals surface area contributed by atoms with Crippen LogP contribution in [-0.4, -0.2) is 23.7 Å². The van der Waals surface area contributed by atoms with Crippen LogP contribution in [0.3, 0.4) is 0 Å². The number of aromatic carboxylic acids is 1. The lowest BCUT2D eigenvalue weighted by molar-refractivity contribution is 0.0697. The van der Waals surface area contributed by atoms with Crippen molar-refractivity contribution in [2.45, 2.75) is 38.6 Å². The van der Waals surface area contributed by atoms with Crippen LogP contribution in [-0.2, 0) is 0 Å². The molecule has 0 aromatic heterocycles. The van der Waals surface area contributed by atoms with Gasteiger partial charge in [0.05, 0.1) is 18.4 Å². The molecule has 0 amide bonds. The molecule has 0 spiro atoms. The molecule has 18 heavy (non-hydrogen) atoms. The van der Waals surface area contributed by atoms with Gasteiger partial charge < -0.3 is 15.2 Å². The Labute approximate surface area is 107 Å². The number of rotatable bonds is 2. The second kappa shape index (κ2) is 4.19. The zero-order valence-corrected chi connectivity index (χ0v) is 11.2. The predicted molar refractivity (Wildman–Crippen MR) is 70.7 cm³/mol. The van der Waals surface area contributed by atoms with Gasteiger partial charge in [-0.05, 0) is 43.9 Å². The highest BCUT2D eigenvalue weighted by molar-refractivity contribution is 5.96. The van der Waals surface area contributed by atoms with Crippen LogP contribution in [0.5, 0.6) is 5.75 Å². The first-order valence-corrected chi connectivity index (χ1v) is 6.07. The molecule has 4 nitrogen and oxygen atoms in total. The lowest BCUT2D eigenvalue weighted by Crippen LogP contribution is -2.37. The Bertz CT molecular complexity index is 494. The minimum Gasteiger partial charge on any atom is -0.497 e. The molecule has 0 fully saturated rings. The van der Waals surface area contributed by atoms with Gasteiger partial charge in [-0.15, -0.1) is 0 Å². The van der Waals surface area contributed by atoms with Crippen molar-refractivity contribution in [3.63, 3.8) is 0 Å². The number of ether oxygens (including phenoxy) is 1. The quantitative estimate of drug-likeness (QED) is 0.845. The third-order valence-electron chi connectivity index (χ3n) is 3.42. The van der Waals surface area contributed by atoms with Crippen LogP contribution in [0.25, 0.3) is 0 Å². The third kappa shape index (κ3) is 2.15. The van der Waals surface area contributed by atoms with Crippen LogP contribution in [0.1, 0.15) is 49.0 Å². The van der Waals surface area contributed by atoms with E-state index >= 15 is 0 Å². The van der Waals surface area contributed by atoms with Gasteiger partial charge in [0.15, 0.2) is 0 Å². The van der Waals surface area contributed by atoms with Gasteiger partial charge in [-0.1, -0.05) is 6.92 Å². The average molecular weight is 249 g/mol. The van der Waals surface area contributed by atoms with E-state index in [2.05, 4.69) is 26.1 Å². The summed E-state index contributed by atoms with van der Waals surface area (Å²) in [6.07, 6.45) is 0.965. The summed E-state index contributed by atoms with van der Waals surface area (Å²) in [7, 11) is 1.55. The first-order chi connectivity index (χ1) is 8.34. The lowest BCUT2D eigenvalue weighted by atomic mass is 9.81. The summed E-state index contributed by atoms with van der Waals surface area (Å²) in [4.78, 5) is 11.4. The lowest BCUT2D eigenvalue weighted by Gasteiger charge is -2.38. The molecule has 0 saturated carbocycles. The molecular formula is C14H19NO3. The smallest absolute Gasteiger partial charge is 0.337 e. The Kier molecular flexibility index (Phi) is 2.97. The number of hydrogen-bond acceptors (Lipinski definition) is 3. The maximum Gasteiger partial charge on any atom is 0.337 e. The fourth-order valence-electron chi connectivity index (χ4n) is 2.72. The maximum absolute atomic E-state index is 11.4. The topological polar surface area (TPSA) is 58.6 Å². The van der Waals surface area contributed by atoms with Crippen LogP contribution >= 0.6 is 0 Å². The van der Waals surface area contributed by atoms with Gasteiger partial charge in [0.25, 0.3) is 0 Å². The monoisotopic (exact) mass is 249 g/mol. The highest BCUT2D eigenvalue weighted by Crippen LogP contribution is 2.42. The van der Waals surface area contributed by atoms with E-state index < -0.39 is 5.97 Å². The number of carboxylic acids is 1. The van der Waals surface area contributed by atoms with E-state index in [1.807, 2.05) is 6.07 Å². The van der Waals surface area contributed by atoms with E-state index in [4.69, 9.17) is 4.74 Å². The molecule has 0 aliphatic carbocycles. The fourth-order valence-corrected chi connectivity index (χ4v) is 2.72. The molecular weight excluding hydrogens is 230 g/mol. The molecule has 98 valence electrons. The molecule has 2 rings (SSSR count). The number of hydrogen-bond donors (Lipinski definition) is 2. The second-order valence-corrected chi connectivity index (χ2v) is 5.56. The predicted octanol–water partition coefficient (Wildman–Crippen LogP) is 3.09. The van der Waals surface area contributed by atoms with Gasteiger partial charge in [0.1, 0.15) is 5.75 Å². The Morgan fingerprint density at radius 1 is 1.50 bits per heavy atom.